The molecule has 0 aromatic heterocycles. The van der Waals surface area contributed by atoms with Gasteiger partial charge >= 0.3 is 288 Å². The van der Waals surface area contributed by atoms with E-state index in [4.69, 9.17) is 0 Å². The molecule has 1 aliphatic carbocycles. The monoisotopic (exact) mass is 751 g/mol. The van der Waals surface area contributed by atoms with E-state index in [0.29, 0.717) is 0 Å². The third-order valence-electron chi connectivity index (χ3n) is 9.60. The molecule has 48 heavy (non-hydrogen) atoms. The quantitative estimate of drug-likeness (QED) is 0.130. The molecule has 1 atom stereocenters. The van der Waals surface area contributed by atoms with Crippen LogP contribution in [-0.4, -0.2) is 8.07 Å². The van der Waals surface area contributed by atoms with Crippen LogP contribution in [0.1, 0.15) is 101 Å². The van der Waals surface area contributed by atoms with Crippen LogP contribution in [0.4, 0.5) is 0 Å². The molecule has 0 bridgehead atoms. The topological polar surface area (TPSA) is 0 Å². The minimum Gasteiger partial charge on any atom is -0.147 e. The van der Waals surface area contributed by atoms with Gasteiger partial charge in [0.2, 0.25) is 0 Å². The standard InChI is InChI=1S/C43H51Si.3ClH.Ti/c1-11-32-24-33(12-2)26-38(25-32)44(37-22-30(3)21-31(4)23-37,41-20-16-19-40(41)34-17-14-13-15-18-34)39-28-35(42(5,6)7)27-36(29-39)43(8,9)10;;;;/h13-15,17-19,21-29H,11-12,16H2,1-10H3;3*1H;. The summed E-state index contributed by atoms with van der Waals surface area (Å²) in [5, 5.41) is 6.12. The van der Waals surface area contributed by atoms with Gasteiger partial charge in [0.25, 0.3) is 0 Å². The van der Waals surface area contributed by atoms with Gasteiger partial charge in [0.1, 0.15) is 0 Å². The molecule has 0 aliphatic heterocycles. The predicted molar refractivity (Wildman–Crippen MR) is 217 cm³/mol. The number of hydrogen-bond donors (Lipinski definition) is 0. The molecule has 0 radical (unpaired) electrons. The molecule has 0 N–H and O–H groups in total. The number of hydrogen-bond acceptors (Lipinski definition) is 0. The number of benzene rings is 4. The molecule has 4 aromatic carbocycles. The first-order valence-corrected chi connectivity index (χ1v) is 19.6. The van der Waals surface area contributed by atoms with Crippen LogP contribution in [0.5, 0.6) is 0 Å². The minimum atomic E-state index is -2.87. The van der Waals surface area contributed by atoms with Crippen LogP contribution < -0.4 is 15.6 Å². The van der Waals surface area contributed by atoms with Gasteiger partial charge in [-0.2, -0.15) is 0 Å². The minimum absolute atomic E-state index is 0. The maximum Gasteiger partial charge on any atom is -0.147 e. The molecule has 0 fully saturated rings. The summed E-state index contributed by atoms with van der Waals surface area (Å²) in [7, 11) is -2.87. The van der Waals surface area contributed by atoms with Crippen LogP contribution in [0.2, 0.25) is 0 Å². The van der Waals surface area contributed by atoms with Crippen molar-refractivity contribution in [2.24, 2.45) is 0 Å². The van der Waals surface area contributed by atoms with E-state index in [0.717, 1.165) is 19.3 Å². The maximum atomic E-state index is 2.62. The van der Waals surface area contributed by atoms with Crippen LogP contribution in [0.25, 0.3) is 5.57 Å². The molecule has 1 aliphatic rings. The number of rotatable bonds is 7. The van der Waals surface area contributed by atoms with Crippen molar-refractivity contribution in [3.8, 4) is 0 Å². The van der Waals surface area contributed by atoms with Gasteiger partial charge in [-0.25, -0.2) is 0 Å². The Bertz CT molecular complexity index is 1720. The van der Waals surface area contributed by atoms with Gasteiger partial charge in [-0.1, -0.05) is 0 Å². The molecule has 0 nitrogen and oxygen atoms in total. The summed E-state index contributed by atoms with van der Waals surface area (Å²) in [4.78, 5) is 0. The van der Waals surface area contributed by atoms with Gasteiger partial charge in [-0.05, 0) is 0 Å². The van der Waals surface area contributed by atoms with Crippen LogP contribution >= 0.6 is 37.2 Å². The van der Waals surface area contributed by atoms with Gasteiger partial charge in [-0.15, -0.1) is 37.2 Å². The Morgan fingerprint density at radius 1 is 0.604 bits per heavy atom. The third kappa shape index (κ3) is 8.37. The normalized spacial score (nSPS) is 14.3. The number of allylic oxidation sites excluding steroid dienone is 4. The molecule has 1 unspecified atom stereocenters. The van der Waals surface area contributed by atoms with Crippen molar-refractivity contribution < 1.29 is 20.4 Å². The average molecular weight is 753 g/mol. The second-order valence-corrected chi connectivity index (χ2v) is 19.9. The Hall–Kier alpha value is -1.84. The Morgan fingerprint density at radius 3 is 1.52 bits per heavy atom. The van der Waals surface area contributed by atoms with E-state index in [-0.39, 0.29) is 48.1 Å². The van der Waals surface area contributed by atoms with Gasteiger partial charge in [0.15, 0.2) is 0 Å². The SMILES string of the molecule is CCc1cc(CC)cc([Si](C2=[C]([Ti])CC=C2c2ccccc2)(c2cc(C)cc(C)c2)c2cc(C(C)(C)C)cc(C(C)(C)C)c2)c1.Cl.Cl.Cl. The summed E-state index contributed by atoms with van der Waals surface area (Å²) in [5.74, 6) is 0. The van der Waals surface area contributed by atoms with Crippen LogP contribution in [-0.2, 0) is 44.1 Å². The van der Waals surface area contributed by atoms with E-state index >= 15 is 0 Å². The summed E-state index contributed by atoms with van der Waals surface area (Å²) in [6.45, 7) is 23.4. The van der Waals surface area contributed by atoms with E-state index in [2.05, 4.69) is 181 Å². The molecule has 0 amide bonds. The Labute approximate surface area is 323 Å². The van der Waals surface area contributed by atoms with Crippen molar-refractivity contribution in [2.75, 3.05) is 0 Å². The summed E-state index contributed by atoms with van der Waals surface area (Å²) >= 11 is 2.41. The summed E-state index contributed by atoms with van der Waals surface area (Å²) < 4.78 is 1.51. The summed E-state index contributed by atoms with van der Waals surface area (Å²) in [6.07, 6.45) is 5.59. The van der Waals surface area contributed by atoms with E-state index in [1.165, 1.54) is 64.0 Å². The Kier molecular flexibility index (Phi) is 14.5. The number of aryl methyl sites for hydroxylation is 4. The molecule has 5 heteroatoms. The maximum absolute atomic E-state index is 2.87. The first kappa shape index (κ1) is 42.3. The average Bonchev–Trinajstić information content (AvgIpc) is 3.37. The molecule has 0 heterocycles. The first-order valence-electron chi connectivity index (χ1n) is 16.8. The summed E-state index contributed by atoms with van der Waals surface area (Å²) in [6, 6.07) is 33.9. The van der Waals surface area contributed by atoms with Crippen LogP contribution in [0.15, 0.2) is 100 Å². The molecule has 0 saturated heterocycles. The zero-order chi connectivity index (χ0) is 32.7. The molecule has 0 spiro atoms. The van der Waals surface area contributed by atoms with E-state index in [9.17, 15) is 0 Å². The number of halogens is 3. The van der Waals surface area contributed by atoms with Crippen molar-refractivity contribution in [2.45, 2.75) is 99.3 Å². The van der Waals surface area contributed by atoms with Gasteiger partial charge in [0.05, 0.1) is 0 Å². The zero-order valence-corrected chi connectivity index (χ0v) is 35.5. The zero-order valence-electron chi connectivity index (χ0n) is 30.5. The fourth-order valence-electron chi connectivity index (χ4n) is 7.10. The molecule has 255 valence electrons. The largest absolute Gasteiger partial charge is 0.147 e. The molecular formula is C43H54Cl3SiTi. The summed E-state index contributed by atoms with van der Waals surface area (Å²) in [5.41, 5.74) is 11.2. The van der Waals surface area contributed by atoms with Crippen molar-refractivity contribution in [1.29, 1.82) is 0 Å². The fraction of sp³-hybridized carbons (Fsp3) is 0.349. The molecule has 5 rings (SSSR count). The van der Waals surface area contributed by atoms with Crippen molar-refractivity contribution in [3.05, 3.63) is 139 Å². The molecular weight excluding hydrogens is 699 g/mol. The Morgan fingerprint density at radius 2 is 1.06 bits per heavy atom. The smallest absolute Gasteiger partial charge is 0.147 e. The van der Waals surface area contributed by atoms with Crippen LogP contribution in [0.3, 0.4) is 0 Å². The molecule has 0 saturated carbocycles. The molecule has 4 aromatic rings. The Balaban J connectivity index is 0.00000267. The third-order valence-corrected chi connectivity index (χ3v) is 15.5. The van der Waals surface area contributed by atoms with Crippen molar-refractivity contribution in [3.63, 3.8) is 0 Å². The van der Waals surface area contributed by atoms with Crippen molar-refractivity contribution in [1.82, 2.24) is 0 Å². The van der Waals surface area contributed by atoms with E-state index < -0.39 is 8.07 Å². The van der Waals surface area contributed by atoms with Gasteiger partial charge in [-0.3, -0.25) is 0 Å². The fourth-order valence-corrected chi connectivity index (χ4v) is 13.9. The predicted octanol–water partition coefficient (Wildman–Crippen LogP) is 10.6. The van der Waals surface area contributed by atoms with Crippen LogP contribution in [0, 0.1) is 13.8 Å². The van der Waals surface area contributed by atoms with Gasteiger partial charge < -0.3 is 0 Å². The van der Waals surface area contributed by atoms with Gasteiger partial charge in [0, 0.05) is 0 Å². The van der Waals surface area contributed by atoms with E-state index in [1.807, 2.05) is 0 Å². The first-order chi connectivity index (χ1) is 21.2. The van der Waals surface area contributed by atoms with Crippen molar-refractivity contribution >= 4 is 66.4 Å². The van der Waals surface area contributed by atoms with E-state index in [1.54, 1.807) is 5.20 Å². The second-order valence-electron chi connectivity index (χ2n) is 15.2. The second kappa shape index (κ2) is 16.5.